The summed E-state index contributed by atoms with van der Waals surface area (Å²) in [6.07, 6.45) is 6.30. The third-order valence-electron chi connectivity index (χ3n) is 3.81. The number of allylic oxidation sites excluding steroid dienone is 2. The van der Waals surface area contributed by atoms with Gasteiger partial charge in [-0.25, -0.2) is 0 Å². The number of hydrogen-bond donors (Lipinski definition) is 2. The van der Waals surface area contributed by atoms with E-state index in [1.165, 1.54) is 0 Å². The van der Waals surface area contributed by atoms with Gasteiger partial charge in [-0.2, -0.15) is 0 Å². The van der Waals surface area contributed by atoms with E-state index in [0.717, 1.165) is 32.6 Å². The van der Waals surface area contributed by atoms with E-state index >= 15 is 0 Å². The summed E-state index contributed by atoms with van der Waals surface area (Å²) in [5, 5.41) is 13.0. The molecule has 0 spiro atoms. The molecule has 1 aliphatic carbocycles. The van der Waals surface area contributed by atoms with Crippen molar-refractivity contribution in [3.8, 4) is 0 Å². The zero-order chi connectivity index (χ0) is 15.5. The summed E-state index contributed by atoms with van der Waals surface area (Å²) in [4.78, 5) is 0. The molecule has 0 radical (unpaired) electrons. The normalized spacial score (nSPS) is 23.7. The minimum atomic E-state index is -0.440. The second kappa shape index (κ2) is 11.2. The van der Waals surface area contributed by atoms with Crippen molar-refractivity contribution in [2.45, 2.75) is 39.7 Å². The van der Waals surface area contributed by atoms with Gasteiger partial charge in [0.1, 0.15) is 0 Å². The van der Waals surface area contributed by atoms with Crippen molar-refractivity contribution in [3.05, 3.63) is 12.2 Å². The Hall–Kier alpha value is -0.420. The first-order chi connectivity index (χ1) is 10.1. The van der Waals surface area contributed by atoms with Gasteiger partial charge in [0.05, 0.1) is 25.9 Å². The SMILES string of the molecule is CC(C)COCCNCC(O)COCC1CC=CCC1C. The molecular formula is C17H33NO3. The second-order valence-electron chi connectivity index (χ2n) is 6.54. The highest BCUT2D eigenvalue weighted by atomic mass is 16.5. The molecule has 0 fully saturated rings. The average Bonchev–Trinajstić information content (AvgIpc) is 2.44. The van der Waals surface area contributed by atoms with Crippen LogP contribution in [0.3, 0.4) is 0 Å². The molecule has 1 aliphatic rings. The largest absolute Gasteiger partial charge is 0.389 e. The van der Waals surface area contributed by atoms with E-state index in [9.17, 15) is 5.11 Å². The Kier molecular flexibility index (Phi) is 9.92. The van der Waals surface area contributed by atoms with Crippen LogP contribution in [0.25, 0.3) is 0 Å². The molecule has 0 aromatic carbocycles. The van der Waals surface area contributed by atoms with Gasteiger partial charge in [0.25, 0.3) is 0 Å². The van der Waals surface area contributed by atoms with Gasteiger partial charge in [-0.3, -0.25) is 0 Å². The van der Waals surface area contributed by atoms with E-state index in [-0.39, 0.29) is 0 Å². The topological polar surface area (TPSA) is 50.7 Å². The van der Waals surface area contributed by atoms with Crippen LogP contribution in [0.5, 0.6) is 0 Å². The number of hydrogen-bond acceptors (Lipinski definition) is 4. The Morgan fingerprint density at radius 1 is 1.19 bits per heavy atom. The smallest absolute Gasteiger partial charge is 0.0897 e. The number of aliphatic hydroxyl groups is 1. The number of aliphatic hydroxyl groups excluding tert-OH is 1. The van der Waals surface area contributed by atoms with Crippen molar-refractivity contribution in [1.82, 2.24) is 5.32 Å². The Balaban J connectivity index is 1.94. The third-order valence-corrected chi connectivity index (χ3v) is 3.81. The molecule has 4 nitrogen and oxygen atoms in total. The molecule has 3 unspecified atom stereocenters. The summed E-state index contributed by atoms with van der Waals surface area (Å²) in [5.74, 6) is 1.85. The van der Waals surface area contributed by atoms with Gasteiger partial charge in [0.2, 0.25) is 0 Å². The summed E-state index contributed by atoms with van der Waals surface area (Å²) < 4.78 is 11.1. The van der Waals surface area contributed by atoms with Gasteiger partial charge >= 0.3 is 0 Å². The maximum atomic E-state index is 9.85. The van der Waals surface area contributed by atoms with Gasteiger partial charge < -0.3 is 19.9 Å². The van der Waals surface area contributed by atoms with Gasteiger partial charge in [0.15, 0.2) is 0 Å². The van der Waals surface area contributed by atoms with Crippen LogP contribution in [0.2, 0.25) is 0 Å². The standard InChI is InChI=1S/C17H33NO3/c1-14(2)11-20-9-8-18-10-17(19)13-21-12-16-7-5-4-6-15(16)3/h4-5,14-19H,6-13H2,1-3H3. The van der Waals surface area contributed by atoms with Crippen LogP contribution >= 0.6 is 0 Å². The van der Waals surface area contributed by atoms with Crippen LogP contribution < -0.4 is 5.32 Å². The monoisotopic (exact) mass is 299 g/mol. The van der Waals surface area contributed by atoms with Crippen LogP contribution in [0, 0.1) is 17.8 Å². The van der Waals surface area contributed by atoms with Crippen molar-refractivity contribution in [2.24, 2.45) is 17.8 Å². The number of ether oxygens (including phenoxy) is 2. The Labute approximate surface area is 129 Å². The van der Waals surface area contributed by atoms with Crippen molar-refractivity contribution < 1.29 is 14.6 Å². The maximum absolute atomic E-state index is 9.85. The van der Waals surface area contributed by atoms with Crippen LogP contribution in [0.15, 0.2) is 12.2 Å². The third kappa shape index (κ3) is 9.25. The molecule has 2 N–H and O–H groups in total. The van der Waals surface area contributed by atoms with Gasteiger partial charge in [-0.1, -0.05) is 32.9 Å². The van der Waals surface area contributed by atoms with Crippen LogP contribution in [0.4, 0.5) is 0 Å². The molecule has 4 heteroatoms. The molecule has 0 saturated carbocycles. The summed E-state index contributed by atoms with van der Waals surface area (Å²) in [6.45, 7) is 10.5. The first kappa shape index (κ1) is 18.6. The Morgan fingerprint density at radius 3 is 2.67 bits per heavy atom. The molecule has 0 aromatic rings. The fourth-order valence-corrected chi connectivity index (χ4v) is 2.39. The lowest BCUT2D eigenvalue weighted by atomic mass is 9.85. The van der Waals surface area contributed by atoms with Crippen LogP contribution in [0.1, 0.15) is 33.6 Å². The molecular weight excluding hydrogens is 266 g/mol. The maximum Gasteiger partial charge on any atom is 0.0897 e. The highest BCUT2D eigenvalue weighted by molar-refractivity contribution is 4.93. The molecule has 3 atom stereocenters. The molecule has 0 aromatic heterocycles. The number of rotatable bonds is 11. The van der Waals surface area contributed by atoms with E-state index in [4.69, 9.17) is 9.47 Å². The van der Waals surface area contributed by atoms with E-state index in [1.807, 2.05) is 0 Å². The summed E-state index contributed by atoms with van der Waals surface area (Å²) in [7, 11) is 0. The minimum Gasteiger partial charge on any atom is -0.389 e. The van der Waals surface area contributed by atoms with E-state index in [2.05, 4.69) is 38.2 Å². The molecule has 0 bridgehead atoms. The highest BCUT2D eigenvalue weighted by Gasteiger charge is 2.18. The van der Waals surface area contributed by atoms with E-state index < -0.39 is 6.10 Å². The van der Waals surface area contributed by atoms with Crippen molar-refractivity contribution >= 4 is 0 Å². The van der Waals surface area contributed by atoms with Crippen LogP contribution in [-0.4, -0.2) is 50.7 Å². The zero-order valence-corrected chi connectivity index (χ0v) is 13.9. The zero-order valence-electron chi connectivity index (χ0n) is 13.9. The van der Waals surface area contributed by atoms with Crippen LogP contribution in [-0.2, 0) is 9.47 Å². The van der Waals surface area contributed by atoms with Crippen molar-refractivity contribution in [1.29, 1.82) is 0 Å². The summed E-state index contributed by atoms with van der Waals surface area (Å²) >= 11 is 0. The molecule has 1 rings (SSSR count). The second-order valence-corrected chi connectivity index (χ2v) is 6.54. The van der Waals surface area contributed by atoms with Crippen molar-refractivity contribution in [2.75, 3.05) is 39.5 Å². The predicted octanol–water partition coefficient (Wildman–Crippen LogP) is 2.23. The quantitative estimate of drug-likeness (QED) is 0.454. The molecule has 21 heavy (non-hydrogen) atoms. The molecule has 0 amide bonds. The lowest BCUT2D eigenvalue weighted by molar-refractivity contribution is 0.0120. The fraction of sp³-hybridized carbons (Fsp3) is 0.882. The first-order valence-corrected chi connectivity index (χ1v) is 8.28. The van der Waals surface area contributed by atoms with Gasteiger partial charge in [-0.05, 0) is 30.6 Å². The first-order valence-electron chi connectivity index (χ1n) is 8.28. The lowest BCUT2D eigenvalue weighted by Gasteiger charge is -2.25. The lowest BCUT2D eigenvalue weighted by Crippen LogP contribution is -2.33. The molecule has 0 saturated heterocycles. The Morgan fingerprint density at radius 2 is 1.95 bits per heavy atom. The van der Waals surface area contributed by atoms with E-state index in [0.29, 0.717) is 37.5 Å². The number of nitrogens with one attached hydrogen (secondary N) is 1. The minimum absolute atomic E-state index is 0.410. The average molecular weight is 299 g/mol. The fourth-order valence-electron chi connectivity index (χ4n) is 2.39. The molecule has 0 heterocycles. The van der Waals surface area contributed by atoms with E-state index in [1.54, 1.807) is 0 Å². The van der Waals surface area contributed by atoms with Gasteiger partial charge in [-0.15, -0.1) is 0 Å². The summed E-state index contributed by atoms with van der Waals surface area (Å²) in [6, 6.07) is 0. The molecule has 0 aliphatic heterocycles. The van der Waals surface area contributed by atoms with Gasteiger partial charge in [0, 0.05) is 19.7 Å². The highest BCUT2D eigenvalue weighted by Crippen LogP contribution is 2.24. The molecule has 124 valence electrons. The summed E-state index contributed by atoms with van der Waals surface area (Å²) in [5.41, 5.74) is 0. The Bertz CT molecular complexity index is 281. The van der Waals surface area contributed by atoms with Crippen molar-refractivity contribution in [3.63, 3.8) is 0 Å². The predicted molar refractivity (Wildman–Crippen MR) is 86.4 cm³/mol.